The van der Waals surface area contributed by atoms with Crippen molar-refractivity contribution in [1.29, 1.82) is 5.26 Å². The van der Waals surface area contributed by atoms with Crippen LogP contribution in [-0.2, 0) is 0 Å². The van der Waals surface area contributed by atoms with Gasteiger partial charge in [0.25, 0.3) is 0 Å². The van der Waals surface area contributed by atoms with Crippen LogP contribution in [0.3, 0.4) is 0 Å². The van der Waals surface area contributed by atoms with E-state index in [-0.39, 0.29) is 0 Å². The molecule has 1 aromatic carbocycles. The largest absolute Gasteiger partial charge is 0.378 e. The number of hydrogen-bond donors (Lipinski definition) is 1. The second-order valence-corrected chi connectivity index (χ2v) is 3.59. The number of nitrogens with zero attached hydrogens (tertiary/aromatic N) is 1. The summed E-state index contributed by atoms with van der Waals surface area (Å²) in [6, 6.07) is 7.16. The Morgan fingerprint density at radius 3 is 2.86 bits per heavy atom. The van der Waals surface area contributed by atoms with E-state index in [4.69, 9.17) is 28.5 Å². The zero-order valence-corrected chi connectivity index (χ0v) is 8.86. The summed E-state index contributed by atoms with van der Waals surface area (Å²) < 4.78 is 0. The molecule has 1 rings (SSSR count). The molecule has 14 heavy (non-hydrogen) atoms. The van der Waals surface area contributed by atoms with Gasteiger partial charge >= 0.3 is 0 Å². The first kappa shape index (κ1) is 10.9. The van der Waals surface area contributed by atoms with E-state index in [1.54, 1.807) is 18.2 Å². The smallest absolute Gasteiger partial charge is 0.101 e. The van der Waals surface area contributed by atoms with E-state index in [1.165, 1.54) is 0 Å². The molecular weight excluding hydrogens is 219 g/mol. The standard InChI is InChI=1S/C10H8Cl2N2/c1-7(11)6-14-10-8(5-13)3-2-4-9(10)12/h2-4,14H,1,6H2. The molecule has 0 spiro atoms. The summed E-state index contributed by atoms with van der Waals surface area (Å²) in [7, 11) is 0. The van der Waals surface area contributed by atoms with E-state index in [0.717, 1.165) is 0 Å². The molecule has 0 atom stereocenters. The summed E-state index contributed by atoms with van der Waals surface area (Å²) >= 11 is 11.5. The fraction of sp³-hybridized carbons (Fsp3) is 0.100. The average Bonchev–Trinajstić information content (AvgIpc) is 2.15. The van der Waals surface area contributed by atoms with Gasteiger partial charge in [-0.15, -0.1) is 0 Å². The number of nitriles is 1. The molecule has 0 heterocycles. The molecule has 0 unspecified atom stereocenters. The zero-order valence-electron chi connectivity index (χ0n) is 7.35. The molecule has 0 radical (unpaired) electrons. The molecule has 0 aromatic heterocycles. The molecule has 0 fully saturated rings. The van der Waals surface area contributed by atoms with Crippen molar-refractivity contribution in [2.24, 2.45) is 0 Å². The van der Waals surface area contributed by atoms with Gasteiger partial charge in [0.15, 0.2) is 0 Å². The maximum absolute atomic E-state index is 8.80. The lowest BCUT2D eigenvalue weighted by Crippen LogP contribution is -2.03. The first-order chi connectivity index (χ1) is 6.65. The van der Waals surface area contributed by atoms with Crippen LogP contribution in [0.25, 0.3) is 0 Å². The maximum Gasteiger partial charge on any atom is 0.101 e. The summed E-state index contributed by atoms with van der Waals surface area (Å²) in [5.74, 6) is 0. The first-order valence-electron chi connectivity index (χ1n) is 3.91. The molecule has 0 aliphatic rings. The van der Waals surface area contributed by atoms with Gasteiger partial charge in [-0.3, -0.25) is 0 Å². The Balaban J connectivity index is 2.94. The van der Waals surface area contributed by atoms with Crippen molar-refractivity contribution in [1.82, 2.24) is 0 Å². The minimum atomic E-state index is 0.389. The molecule has 0 amide bonds. The van der Waals surface area contributed by atoms with Gasteiger partial charge in [-0.25, -0.2) is 0 Å². The Bertz CT molecular complexity index is 394. The van der Waals surface area contributed by atoms with Crippen LogP contribution in [0.4, 0.5) is 5.69 Å². The van der Waals surface area contributed by atoms with Gasteiger partial charge in [0, 0.05) is 5.03 Å². The second-order valence-electron chi connectivity index (χ2n) is 2.65. The number of para-hydroxylation sites is 1. The Morgan fingerprint density at radius 2 is 2.29 bits per heavy atom. The predicted molar refractivity (Wildman–Crippen MR) is 59.6 cm³/mol. The van der Waals surface area contributed by atoms with E-state index in [2.05, 4.69) is 11.9 Å². The molecule has 0 saturated carbocycles. The topological polar surface area (TPSA) is 35.8 Å². The predicted octanol–water partition coefficient (Wildman–Crippen LogP) is 3.38. The van der Waals surface area contributed by atoms with Crippen LogP contribution in [0.15, 0.2) is 29.8 Å². The van der Waals surface area contributed by atoms with E-state index in [9.17, 15) is 0 Å². The fourth-order valence-electron chi connectivity index (χ4n) is 0.981. The SMILES string of the molecule is C=C(Cl)CNc1c(Cl)cccc1C#N. The number of nitrogens with one attached hydrogen (secondary N) is 1. The van der Waals surface area contributed by atoms with Gasteiger partial charge in [-0.1, -0.05) is 35.8 Å². The van der Waals surface area contributed by atoms with Crippen LogP contribution < -0.4 is 5.32 Å². The van der Waals surface area contributed by atoms with Gasteiger partial charge in [0.05, 0.1) is 22.8 Å². The quantitative estimate of drug-likeness (QED) is 0.859. The lowest BCUT2D eigenvalue weighted by atomic mass is 10.2. The Hall–Kier alpha value is -1.17. The molecule has 0 bridgehead atoms. The summed E-state index contributed by atoms with van der Waals surface area (Å²) in [6.07, 6.45) is 0. The summed E-state index contributed by atoms with van der Waals surface area (Å²) in [4.78, 5) is 0. The number of rotatable bonds is 3. The van der Waals surface area contributed by atoms with E-state index in [0.29, 0.717) is 27.9 Å². The van der Waals surface area contributed by atoms with Gasteiger partial charge in [0.2, 0.25) is 0 Å². The summed E-state index contributed by atoms with van der Waals surface area (Å²) in [5.41, 5.74) is 1.09. The molecule has 1 N–H and O–H groups in total. The average molecular weight is 227 g/mol. The number of anilines is 1. The van der Waals surface area contributed by atoms with E-state index >= 15 is 0 Å². The number of halogens is 2. The lowest BCUT2D eigenvalue weighted by Gasteiger charge is -2.08. The van der Waals surface area contributed by atoms with Crippen LogP contribution in [-0.4, -0.2) is 6.54 Å². The van der Waals surface area contributed by atoms with Gasteiger partial charge in [0.1, 0.15) is 6.07 Å². The molecule has 1 aromatic rings. The van der Waals surface area contributed by atoms with Gasteiger partial charge in [-0.05, 0) is 12.1 Å². The second kappa shape index (κ2) is 4.90. The van der Waals surface area contributed by atoms with Crippen molar-refractivity contribution in [3.63, 3.8) is 0 Å². The van der Waals surface area contributed by atoms with Crippen LogP contribution in [0.2, 0.25) is 5.02 Å². The number of hydrogen-bond acceptors (Lipinski definition) is 2. The Labute approximate surface area is 92.8 Å². The molecule has 0 aliphatic heterocycles. The fourth-order valence-corrected chi connectivity index (χ4v) is 1.29. The van der Waals surface area contributed by atoms with Gasteiger partial charge in [-0.2, -0.15) is 5.26 Å². The lowest BCUT2D eigenvalue weighted by molar-refractivity contribution is 1.30. The molecule has 0 saturated heterocycles. The third-order valence-corrected chi connectivity index (χ3v) is 2.04. The van der Waals surface area contributed by atoms with Crippen molar-refractivity contribution in [2.45, 2.75) is 0 Å². The highest BCUT2D eigenvalue weighted by atomic mass is 35.5. The van der Waals surface area contributed by atoms with Crippen LogP contribution in [0, 0.1) is 11.3 Å². The van der Waals surface area contributed by atoms with Crippen LogP contribution >= 0.6 is 23.2 Å². The van der Waals surface area contributed by atoms with Crippen molar-refractivity contribution < 1.29 is 0 Å². The van der Waals surface area contributed by atoms with E-state index in [1.807, 2.05) is 6.07 Å². The number of benzene rings is 1. The molecule has 4 heteroatoms. The molecule has 2 nitrogen and oxygen atoms in total. The van der Waals surface area contributed by atoms with Crippen molar-refractivity contribution in [3.05, 3.63) is 40.4 Å². The van der Waals surface area contributed by atoms with Gasteiger partial charge < -0.3 is 5.32 Å². The van der Waals surface area contributed by atoms with Crippen molar-refractivity contribution in [2.75, 3.05) is 11.9 Å². The monoisotopic (exact) mass is 226 g/mol. The maximum atomic E-state index is 8.80. The third-order valence-electron chi connectivity index (χ3n) is 1.59. The van der Waals surface area contributed by atoms with Crippen LogP contribution in [0.1, 0.15) is 5.56 Å². The molecule has 72 valence electrons. The normalized spacial score (nSPS) is 9.21. The highest BCUT2D eigenvalue weighted by Gasteiger charge is 2.05. The van der Waals surface area contributed by atoms with E-state index < -0.39 is 0 Å². The van der Waals surface area contributed by atoms with Crippen molar-refractivity contribution >= 4 is 28.9 Å². The van der Waals surface area contributed by atoms with Crippen molar-refractivity contribution in [3.8, 4) is 6.07 Å². The highest BCUT2D eigenvalue weighted by molar-refractivity contribution is 6.33. The summed E-state index contributed by atoms with van der Waals surface area (Å²) in [5, 5.41) is 12.7. The third kappa shape index (κ3) is 2.66. The highest BCUT2D eigenvalue weighted by Crippen LogP contribution is 2.25. The summed E-state index contributed by atoms with van der Waals surface area (Å²) in [6.45, 7) is 3.92. The zero-order chi connectivity index (χ0) is 10.6. The minimum Gasteiger partial charge on any atom is -0.378 e. The van der Waals surface area contributed by atoms with Crippen LogP contribution in [0.5, 0.6) is 0 Å². The Kier molecular flexibility index (Phi) is 3.82. The molecular formula is C10H8Cl2N2. The molecule has 0 aliphatic carbocycles. The first-order valence-corrected chi connectivity index (χ1v) is 4.66. The minimum absolute atomic E-state index is 0.389. The Morgan fingerprint density at radius 1 is 1.57 bits per heavy atom.